The van der Waals surface area contributed by atoms with E-state index in [4.69, 9.17) is 4.42 Å². The van der Waals surface area contributed by atoms with E-state index in [0.29, 0.717) is 21.5 Å². The number of anilines is 1. The molecule has 31 heavy (non-hydrogen) atoms. The van der Waals surface area contributed by atoms with E-state index in [-0.39, 0.29) is 24.0 Å². The van der Waals surface area contributed by atoms with Crippen LogP contribution < -0.4 is 10.1 Å². The molecule has 0 spiro atoms. The minimum atomic E-state index is -4.76. The third-order valence-corrected chi connectivity index (χ3v) is 4.54. The lowest BCUT2D eigenvalue weighted by atomic mass is 10.1. The fraction of sp³-hybridized carbons (Fsp3) is 0.143. The summed E-state index contributed by atoms with van der Waals surface area (Å²) in [6.07, 6.45) is -4.76. The molecule has 0 aliphatic heterocycles. The van der Waals surface area contributed by atoms with Gasteiger partial charge in [0.15, 0.2) is 10.4 Å². The predicted molar refractivity (Wildman–Crippen MR) is 110 cm³/mol. The van der Waals surface area contributed by atoms with Gasteiger partial charge in [-0.15, -0.1) is 13.2 Å². The average Bonchev–Trinajstić information content (AvgIpc) is 3.15. The third kappa shape index (κ3) is 6.35. The number of hydrogen-bond acceptors (Lipinski definition) is 4. The zero-order valence-corrected chi connectivity index (χ0v) is 17.7. The Morgan fingerprint density at radius 2 is 1.68 bits per heavy atom. The highest BCUT2D eigenvalue weighted by atomic mass is 79.9. The molecule has 0 saturated carbocycles. The van der Waals surface area contributed by atoms with Crippen LogP contribution in [0.2, 0.25) is 0 Å². The molecule has 3 aromatic rings. The van der Waals surface area contributed by atoms with E-state index in [9.17, 15) is 22.8 Å². The van der Waals surface area contributed by atoms with E-state index in [1.807, 2.05) is 0 Å². The van der Waals surface area contributed by atoms with Crippen molar-refractivity contribution in [2.24, 2.45) is 0 Å². The second kappa shape index (κ2) is 9.25. The van der Waals surface area contributed by atoms with Gasteiger partial charge in [-0.1, -0.05) is 12.1 Å². The summed E-state index contributed by atoms with van der Waals surface area (Å²) in [6.45, 7) is 0.191. The molecule has 0 unspecified atom stereocenters. The first-order valence-electron chi connectivity index (χ1n) is 8.87. The highest BCUT2D eigenvalue weighted by Crippen LogP contribution is 2.23. The molecule has 0 bridgehead atoms. The van der Waals surface area contributed by atoms with Gasteiger partial charge in [-0.2, -0.15) is 0 Å². The Morgan fingerprint density at radius 3 is 2.23 bits per heavy atom. The molecule has 10 heteroatoms. The lowest BCUT2D eigenvalue weighted by Crippen LogP contribution is -2.26. The van der Waals surface area contributed by atoms with Gasteiger partial charge in [-0.25, -0.2) is 0 Å². The van der Waals surface area contributed by atoms with Crippen LogP contribution in [0.3, 0.4) is 0 Å². The fourth-order valence-corrected chi connectivity index (χ4v) is 2.99. The fourth-order valence-electron chi connectivity index (χ4n) is 2.69. The van der Waals surface area contributed by atoms with E-state index in [2.05, 4.69) is 26.0 Å². The van der Waals surface area contributed by atoms with E-state index in [1.54, 1.807) is 37.4 Å². The Balaban J connectivity index is 1.58. The minimum absolute atomic E-state index is 0.137. The van der Waals surface area contributed by atoms with Crippen LogP contribution in [0.1, 0.15) is 26.5 Å². The second-order valence-electron chi connectivity index (χ2n) is 6.49. The van der Waals surface area contributed by atoms with Gasteiger partial charge in [0.25, 0.3) is 11.8 Å². The molecule has 1 N–H and O–H groups in total. The Kier molecular flexibility index (Phi) is 6.69. The monoisotopic (exact) mass is 496 g/mol. The highest BCUT2D eigenvalue weighted by Gasteiger charge is 2.31. The van der Waals surface area contributed by atoms with Crippen LogP contribution in [0.4, 0.5) is 18.9 Å². The summed E-state index contributed by atoms with van der Waals surface area (Å²) >= 11 is 3.12. The lowest BCUT2D eigenvalue weighted by Gasteiger charge is -2.18. The molecule has 3 rings (SSSR count). The molecule has 1 heterocycles. The molecule has 1 aromatic heterocycles. The topological polar surface area (TPSA) is 71.8 Å². The molecular weight excluding hydrogens is 481 g/mol. The number of carbonyl (C=O) groups is 2. The summed E-state index contributed by atoms with van der Waals surface area (Å²) in [7, 11) is 1.58. The van der Waals surface area contributed by atoms with E-state index in [1.165, 1.54) is 35.2 Å². The normalized spacial score (nSPS) is 11.1. The number of nitrogens with one attached hydrogen (secondary N) is 1. The van der Waals surface area contributed by atoms with Crippen molar-refractivity contribution in [2.75, 3.05) is 12.4 Å². The quantitative estimate of drug-likeness (QED) is 0.491. The van der Waals surface area contributed by atoms with E-state index >= 15 is 0 Å². The first kappa shape index (κ1) is 22.4. The Labute approximate surface area is 183 Å². The van der Waals surface area contributed by atoms with Crippen LogP contribution in [-0.4, -0.2) is 30.1 Å². The molecule has 0 aliphatic rings. The van der Waals surface area contributed by atoms with E-state index < -0.39 is 12.3 Å². The highest BCUT2D eigenvalue weighted by molar-refractivity contribution is 9.10. The number of hydrogen-bond donors (Lipinski definition) is 1. The van der Waals surface area contributed by atoms with Crippen LogP contribution in [0, 0.1) is 0 Å². The van der Waals surface area contributed by atoms with Gasteiger partial charge in [-0.3, -0.25) is 9.59 Å². The number of rotatable bonds is 6. The predicted octanol–water partition coefficient (Wildman–Crippen LogP) is 5.47. The number of halogens is 4. The average molecular weight is 497 g/mol. The van der Waals surface area contributed by atoms with Gasteiger partial charge in [0.1, 0.15) is 5.75 Å². The zero-order valence-electron chi connectivity index (χ0n) is 16.1. The molecule has 2 aromatic carbocycles. The summed E-state index contributed by atoms with van der Waals surface area (Å²) in [5, 5.41) is 2.66. The zero-order chi connectivity index (χ0) is 22.6. The Bertz CT molecular complexity index is 1060. The molecule has 6 nitrogen and oxygen atoms in total. The van der Waals surface area contributed by atoms with Gasteiger partial charge in [0.2, 0.25) is 0 Å². The van der Waals surface area contributed by atoms with Crippen molar-refractivity contribution in [2.45, 2.75) is 12.9 Å². The first-order chi connectivity index (χ1) is 14.6. The van der Waals surface area contributed by atoms with Crippen molar-refractivity contribution in [3.63, 3.8) is 0 Å². The van der Waals surface area contributed by atoms with Crippen molar-refractivity contribution < 1.29 is 31.9 Å². The molecular formula is C21H16BrF3N2O4. The maximum atomic E-state index is 12.6. The Hall–Kier alpha value is -3.27. The van der Waals surface area contributed by atoms with Crippen molar-refractivity contribution in [1.82, 2.24) is 4.90 Å². The number of nitrogens with zero attached hydrogens (tertiary/aromatic N) is 1. The number of ether oxygens (including phenoxy) is 1. The summed E-state index contributed by atoms with van der Waals surface area (Å²) in [4.78, 5) is 26.1. The second-order valence-corrected chi connectivity index (χ2v) is 7.27. The van der Waals surface area contributed by atoms with Gasteiger partial charge in [0, 0.05) is 24.8 Å². The standard InChI is InChI=1S/C21H16BrF3N2O4/c1-27(12-13-2-8-16(9-3-13)31-21(23,24)25)20(29)14-4-6-15(7-5-14)26-19(28)17-10-11-18(22)30-17/h2-11H,12H2,1H3,(H,26,28). The summed E-state index contributed by atoms with van der Waals surface area (Å²) in [6, 6.07) is 14.7. The first-order valence-corrected chi connectivity index (χ1v) is 9.67. The van der Waals surface area contributed by atoms with Crippen molar-refractivity contribution >= 4 is 33.4 Å². The SMILES string of the molecule is CN(Cc1ccc(OC(F)(F)F)cc1)C(=O)c1ccc(NC(=O)c2ccc(Br)o2)cc1. The van der Waals surface area contributed by atoms with Crippen molar-refractivity contribution in [3.05, 3.63) is 82.2 Å². The smallest absolute Gasteiger partial charge is 0.444 e. The molecule has 162 valence electrons. The number of benzene rings is 2. The maximum Gasteiger partial charge on any atom is 0.573 e. The molecule has 0 aliphatic carbocycles. The number of alkyl halides is 3. The number of carbonyl (C=O) groups excluding carboxylic acids is 2. The number of amides is 2. The van der Waals surface area contributed by atoms with Crippen LogP contribution in [0.25, 0.3) is 0 Å². The van der Waals surface area contributed by atoms with Crippen molar-refractivity contribution in [3.8, 4) is 5.75 Å². The summed E-state index contributed by atoms with van der Waals surface area (Å²) < 4.78 is 46.1. The van der Waals surface area contributed by atoms with Gasteiger partial charge in [-0.05, 0) is 70.0 Å². The van der Waals surface area contributed by atoms with E-state index in [0.717, 1.165) is 0 Å². The number of furan rings is 1. The summed E-state index contributed by atoms with van der Waals surface area (Å²) in [5.74, 6) is -0.911. The molecule has 0 radical (unpaired) electrons. The summed E-state index contributed by atoms with van der Waals surface area (Å²) in [5.41, 5.74) is 1.51. The third-order valence-electron chi connectivity index (χ3n) is 4.11. The van der Waals surface area contributed by atoms with Crippen molar-refractivity contribution in [1.29, 1.82) is 0 Å². The molecule has 0 fully saturated rings. The molecule has 0 atom stereocenters. The lowest BCUT2D eigenvalue weighted by molar-refractivity contribution is -0.274. The van der Waals surface area contributed by atoms with Gasteiger partial charge in [0.05, 0.1) is 0 Å². The van der Waals surface area contributed by atoms with Crippen LogP contribution in [-0.2, 0) is 6.54 Å². The van der Waals surface area contributed by atoms with Crippen LogP contribution >= 0.6 is 15.9 Å². The Morgan fingerprint density at radius 1 is 1.03 bits per heavy atom. The van der Waals surface area contributed by atoms with Gasteiger partial charge < -0.3 is 19.4 Å². The van der Waals surface area contributed by atoms with Crippen LogP contribution in [0.5, 0.6) is 5.75 Å². The van der Waals surface area contributed by atoms with Crippen LogP contribution in [0.15, 0.2) is 69.8 Å². The maximum absolute atomic E-state index is 12.6. The molecule has 2 amide bonds. The molecule has 0 saturated heterocycles. The minimum Gasteiger partial charge on any atom is -0.444 e. The largest absolute Gasteiger partial charge is 0.573 e. The van der Waals surface area contributed by atoms with Gasteiger partial charge >= 0.3 is 6.36 Å².